The van der Waals surface area contributed by atoms with Gasteiger partial charge >= 0.3 is 0 Å². The molecule has 0 radical (unpaired) electrons. The Labute approximate surface area is 122 Å². The molecule has 4 heteroatoms. The number of rotatable bonds is 3. The van der Waals surface area contributed by atoms with Crippen LogP contribution in [0.2, 0.25) is 0 Å². The van der Waals surface area contributed by atoms with Gasteiger partial charge < -0.3 is 5.73 Å². The van der Waals surface area contributed by atoms with E-state index in [0.29, 0.717) is 6.54 Å². The Hall–Kier alpha value is -0.470. The van der Waals surface area contributed by atoms with E-state index in [1.165, 1.54) is 0 Å². The maximum absolute atomic E-state index is 6.60. The second kappa shape index (κ2) is 5.66. The van der Waals surface area contributed by atoms with Gasteiger partial charge in [0.05, 0.1) is 10.8 Å². The van der Waals surface area contributed by atoms with E-state index in [1.54, 1.807) is 0 Å². The van der Waals surface area contributed by atoms with E-state index < -0.39 is 10.3 Å². The molecule has 1 nitrogen and oxygen atoms in total. The van der Waals surface area contributed by atoms with Gasteiger partial charge in [0.2, 0.25) is 0 Å². The minimum Gasteiger partial charge on any atom is -0.327 e. The van der Waals surface area contributed by atoms with Crippen molar-refractivity contribution in [1.29, 1.82) is 0 Å². The van der Waals surface area contributed by atoms with Crippen LogP contribution in [0, 0.1) is 0 Å². The SMILES string of the molecule is NCC1=CC(Cl)C(Cl)(C(Cl)c2ccccc2)C=C1. The molecule has 2 rings (SSSR count). The first kappa shape index (κ1) is 14.0. The summed E-state index contributed by atoms with van der Waals surface area (Å²) >= 11 is 19.4. The van der Waals surface area contributed by atoms with E-state index in [-0.39, 0.29) is 5.38 Å². The van der Waals surface area contributed by atoms with E-state index in [1.807, 2.05) is 48.6 Å². The fraction of sp³-hybridized carbons (Fsp3) is 0.286. The summed E-state index contributed by atoms with van der Waals surface area (Å²) in [6, 6.07) is 9.70. The van der Waals surface area contributed by atoms with Crippen LogP contribution in [0.25, 0.3) is 0 Å². The quantitative estimate of drug-likeness (QED) is 0.839. The fourth-order valence-electron chi connectivity index (χ4n) is 1.94. The Morgan fingerprint density at radius 3 is 2.50 bits per heavy atom. The number of hydrogen-bond acceptors (Lipinski definition) is 1. The zero-order valence-electron chi connectivity index (χ0n) is 9.69. The predicted octanol–water partition coefficient (Wildman–Crippen LogP) is 4.01. The molecule has 1 aliphatic carbocycles. The van der Waals surface area contributed by atoms with Gasteiger partial charge in [0.1, 0.15) is 4.87 Å². The van der Waals surface area contributed by atoms with Crippen molar-refractivity contribution >= 4 is 34.8 Å². The first-order valence-corrected chi connectivity index (χ1v) is 6.95. The zero-order chi connectivity index (χ0) is 13.2. The van der Waals surface area contributed by atoms with Gasteiger partial charge in [-0.3, -0.25) is 0 Å². The molecule has 0 fully saturated rings. The van der Waals surface area contributed by atoms with Crippen LogP contribution < -0.4 is 5.73 Å². The lowest BCUT2D eigenvalue weighted by molar-refractivity contribution is 0.675. The molecule has 3 unspecified atom stereocenters. The lowest BCUT2D eigenvalue weighted by atomic mass is 9.89. The monoisotopic (exact) mass is 301 g/mol. The van der Waals surface area contributed by atoms with Crippen molar-refractivity contribution in [3.8, 4) is 0 Å². The van der Waals surface area contributed by atoms with E-state index in [9.17, 15) is 0 Å². The Morgan fingerprint density at radius 2 is 1.94 bits per heavy atom. The average molecular weight is 303 g/mol. The van der Waals surface area contributed by atoms with Gasteiger partial charge in [0, 0.05) is 6.54 Å². The second-order valence-corrected chi connectivity index (χ2v) is 5.84. The van der Waals surface area contributed by atoms with Gasteiger partial charge in [-0.2, -0.15) is 0 Å². The van der Waals surface area contributed by atoms with E-state index in [4.69, 9.17) is 40.5 Å². The summed E-state index contributed by atoms with van der Waals surface area (Å²) in [6.07, 6.45) is 5.61. The number of benzene rings is 1. The van der Waals surface area contributed by atoms with Gasteiger partial charge in [-0.25, -0.2) is 0 Å². The van der Waals surface area contributed by atoms with Gasteiger partial charge in [-0.15, -0.1) is 34.8 Å². The molecule has 0 aromatic heterocycles. The van der Waals surface area contributed by atoms with Gasteiger partial charge in [-0.1, -0.05) is 48.6 Å². The highest BCUT2D eigenvalue weighted by atomic mass is 35.5. The first-order valence-electron chi connectivity index (χ1n) is 5.70. The smallest absolute Gasteiger partial charge is 0.103 e. The molecule has 1 aliphatic rings. The van der Waals surface area contributed by atoms with Gasteiger partial charge in [0.25, 0.3) is 0 Å². The third kappa shape index (κ3) is 2.60. The van der Waals surface area contributed by atoms with Crippen molar-refractivity contribution in [1.82, 2.24) is 0 Å². The van der Waals surface area contributed by atoms with E-state index in [0.717, 1.165) is 11.1 Å². The lowest BCUT2D eigenvalue weighted by Crippen LogP contribution is -2.36. The van der Waals surface area contributed by atoms with Crippen molar-refractivity contribution < 1.29 is 0 Å². The Bertz CT molecular complexity index is 469. The normalized spacial score (nSPS) is 28.9. The summed E-state index contributed by atoms with van der Waals surface area (Å²) in [5.41, 5.74) is 7.52. The third-order valence-corrected chi connectivity index (χ3v) is 4.96. The van der Waals surface area contributed by atoms with E-state index >= 15 is 0 Å². The number of allylic oxidation sites excluding steroid dienone is 2. The molecule has 18 heavy (non-hydrogen) atoms. The molecule has 2 N–H and O–H groups in total. The summed E-state index contributed by atoms with van der Waals surface area (Å²) in [4.78, 5) is -0.830. The number of halogens is 3. The summed E-state index contributed by atoms with van der Waals surface area (Å²) in [5.74, 6) is 0. The second-order valence-electron chi connectivity index (χ2n) is 4.28. The minimum atomic E-state index is -0.830. The molecule has 0 bridgehead atoms. The predicted molar refractivity (Wildman–Crippen MR) is 79.5 cm³/mol. The molecule has 0 saturated carbocycles. The molecular formula is C14H14Cl3N. The molecule has 0 heterocycles. The van der Waals surface area contributed by atoms with Crippen LogP contribution in [0.1, 0.15) is 10.9 Å². The average Bonchev–Trinajstić information content (AvgIpc) is 2.42. The molecule has 0 amide bonds. The van der Waals surface area contributed by atoms with Gasteiger partial charge in [-0.05, 0) is 11.1 Å². The van der Waals surface area contributed by atoms with Crippen LogP contribution in [0.15, 0.2) is 54.1 Å². The summed E-state index contributed by atoms with van der Waals surface area (Å²) in [6.45, 7) is 0.449. The number of nitrogens with two attached hydrogens (primary N) is 1. The Kier molecular flexibility index (Phi) is 4.39. The van der Waals surface area contributed by atoms with Crippen LogP contribution in [-0.2, 0) is 0 Å². The van der Waals surface area contributed by atoms with Crippen molar-refractivity contribution in [2.45, 2.75) is 15.6 Å². The number of hydrogen-bond donors (Lipinski definition) is 1. The molecule has 1 aromatic carbocycles. The van der Waals surface area contributed by atoms with Crippen LogP contribution >= 0.6 is 34.8 Å². The first-order chi connectivity index (χ1) is 8.58. The Morgan fingerprint density at radius 1 is 1.28 bits per heavy atom. The molecule has 3 atom stereocenters. The highest BCUT2D eigenvalue weighted by Crippen LogP contribution is 2.45. The largest absolute Gasteiger partial charge is 0.327 e. The Balaban J connectivity index is 2.28. The molecule has 0 saturated heterocycles. The van der Waals surface area contributed by atoms with Crippen molar-refractivity contribution in [3.05, 3.63) is 59.7 Å². The topological polar surface area (TPSA) is 26.0 Å². The summed E-state index contributed by atoms with van der Waals surface area (Å²) < 4.78 is 0. The van der Waals surface area contributed by atoms with Crippen LogP contribution in [-0.4, -0.2) is 16.8 Å². The molecule has 0 aliphatic heterocycles. The molecule has 1 aromatic rings. The van der Waals surface area contributed by atoms with Crippen LogP contribution in [0.4, 0.5) is 0 Å². The fourth-order valence-corrected chi connectivity index (χ4v) is 2.97. The van der Waals surface area contributed by atoms with Crippen LogP contribution in [0.3, 0.4) is 0 Å². The summed E-state index contributed by atoms with van der Waals surface area (Å²) in [5, 5.41) is -0.778. The molecule has 0 spiro atoms. The number of alkyl halides is 3. The van der Waals surface area contributed by atoms with Gasteiger partial charge in [0.15, 0.2) is 0 Å². The minimum absolute atomic E-state index is 0.384. The van der Waals surface area contributed by atoms with Crippen LogP contribution in [0.5, 0.6) is 0 Å². The zero-order valence-corrected chi connectivity index (χ0v) is 12.0. The van der Waals surface area contributed by atoms with Crippen molar-refractivity contribution in [2.24, 2.45) is 5.73 Å². The van der Waals surface area contributed by atoms with Crippen molar-refractivity contribution in [2.75, 3.05) is 6.54 Å². The highest BCUT2D eigenvalue weighted by Gasteiger charge is 2.41. The standard InChI is InChI=1S/C14H14Cl3N/c15-12-8-10(9-18)6-7-14(12,17)13(16)11-4-2-1-3-5-11/h1-8,12-13H,9,18H2. The molecule has 96 valence electrons. The van der Waals surface area contributed by atoms with Crippen molar-refractivity contribution in [3.63, 3.8) is 0 Å². The lowest BCUT2D eigenvalue weighted by Gasteiger charge is -2.34. The van der Waals surface area contributed by atoms with E-state index in [2.05, 4.69) is 0 Å². The molecular weight excluding hydrogens is 289 g/mol. The third-order valence-electron chi connectivity index (χ3n) is 3.05. The maximum atomic E-state index is 6.60. The summed E-state index contributed by atoms with van der Waals surface area (Å²) in [7, 11) is 0. The maximum Gasteiger partial charge on any atom is 0.103 e. The highest BCUT2D eigenvalue weighted by molar-refractivity contribution is 6.39.